The summed E-state index contributed by atoms with van der Waals surface area (Å²) in [5, 5.41) is 22.1. The van der Waals surface area contributed by atoms with Crippen LogP contribution in [-0.4, -0.2) is 27.6 Å². The third-order valence-electron chi connectivity index (χ3n) is 6.66. The van der Waals surface area contributed by atoms with Crippen LogP contribution in [0.3, 0.4) is 0 Å². The summed E-state index contributed by atoms with van der Waals surface area (Å²) >= 11 is 2.56. The summed E-state index contributed by atoms with van der Waals surface area (Å²) in [6, 6.07) is 17.7. The van der Waals surface area contributed by atoms with Gasteiger partial charge in [0, 0.05) is 23.4 Å². The monoisotopic (exact) mass is 542 g/mol. The molecule has 2 aromatic carbocycles. The van der Waals surface area contributed by atoms with Gasteiger partial charge in [-0.25, -0.2) is 0 Å². The molecule has 8 nitrogen and oxygen atoms in total. The predicted octanol–water partition coefficient (Wildman–Crippen LogP) is 5.19. The molecule has 0 fully saturated rings. The van der Waals surface area contributed by atoms with E-state index >= 15 is 0 Å². The van der Waals surface area contributed by atoms with E-state index < -0.39 is 5.92 Å². The van der Waals surface area contributed by atoms with Crippen LogP contribution in [0.15, 0.2) is 75.5 Å². The van der Waals surface area contributed by atoms with Crippen LogP contribution in [-0.2, 0) is 9.59 Å². The van der Waals surface area contributed by atoms with E-state index in [2.05, 4.69) is 21.6 Å². The SMILES string of the molecule is Cc1ccc(C2C(C#N)=C(N)N(c3nnc(SCC(=O)Nc4ccccc4C)s3)C3=C2C(=O)CCC3)cc1. The maximum atomic E-state index is 13.2. The quantitative estimate of drug-likeness (QED) is 0.408. The van der Waals surface area contributed by atoms with Crippen molar-refractivity contribution in [3.8, 4) is 6.07 Å². The molecular weight excluding hydrogens is 516 g/mol. The summed E-state index contributed by atoms with van der Waals surface area (Å²) in [5.74, 6) is -0.203. The molecule has 3 N–H and O–H groups in total. The number of carbonyl (C=O) groups excluding carboxylic acids is 2. The van der Waals surface area contributed by atoms with Crippen molar-refractivity contribution in [2.24, 2.45) is 5.73 Å². The number of Topliss-reactive ketones (excluding diaryl/α,β-unsaturated/α-hetero) is 1. The fourth-order valence-corrected chi connectivity index (χ4v) is 6.46. The molecule has 10 heteroatoms. The lowest BCUT2D eigenvalue weighted by Gasteiger charge is -2.38. The highest BCUT2D eigenvalue weighted by molar-refractivity contribution is 8.01. The molecule has 1 atom stereocenters. The molecule has 0 saturated heterocycles. The zero-order valence-corrected chi connectivity index (χ0v) is 22.7. The topological polar surface area (TPSA) is 125 Å². The van der Waals surface area contributed by atoms with Crippen LogP contribution in [0.2, 0.25) is 0 Å². The van der Waals surface area contributed by atoms with Crippen molar-refractivity contribution in [3.63, 3.8) is 0 Å². The Hall–Kier alpha value is -3.94. The van der Waals surface area contributed by atoms with Gasteiger partial charge in [-0.2, -0.15) is 5.26 Å². The predicted molar refractivity (Wildman–Crippen MR) is 150 cm³/mol. The van der Waals surface area contributed by atoms with Gasteiger partial charge in [0.1, 0.15) is 5.82 Å². The number of hydrogen-bond acceptors (Lipinski definition) is 9. The van der Waals surface area contributed by atoms with Crippen LogP contribution in [0.25, 0.3) is 0 Å². The highest BCUT2D eigenvalue weighted by Crippen LogP contribution is 2.47. The number of carbonyl (C=O) groups is 2. The van der Waals surface area contributed by atoms with E-state index in [1.807, 2.05) is 62.4 Å². The molecule has 38 heavy (non-hydrogen) atoms. The Morgan fingerprint density at radius 2 is 1.95 bits per heavy atom. The minimum Gasteiger partial charge on any atom is -0.384 e. The molecule has 2 heterocycles. The van der Waals surface area contributed by atoms with E-state index in [1.54, 1.807) is 4.90 Å². The lowest BCUT2D eigenvalue weighted by molar-refractivity contribution is -0.116. The number of aromatic nitrogens is 2. The minimum absolute atomic E-state index is 0.0223. The van der Waals surface area contributed by atoms with Gasteiger partial charge in [0.05, 0.1) is 23.3 Å². The Morgan fingerprint density at radius 3 is 2.68 bits per heavy atom. The number of aryl methyl sites for hydroxylation is 2. The number of rotatable bonds is 6. The summed E-state index contributed by atoms with van der Waals surface area (Å²) in [4.78, 5) is 27.5. The number of nitriles is 1. The van der Waals surface area contributed by atoms with Crippen LogP contribution in [0.1, 0.15) is 41.9 Å². The average molecular weight is 543 g/mol. The molecule has 5 rings (SSSR count). The van der Waals surface area contributed by atoms with Gasteiger partial charge in [-0.05, 0) is 43.9 Å². The van der Waals surface area contributed by atoms with Gasteiger partial charge < -0.3 is 11.1 Å². The first kappa shape index (κ1) is 25.7. The molecule has 0 spiro atoms. The van der Waals surface area contributed by atoms with Crippen molar-refractivity contribution in [1.29, 1.82) is 5.26 Å². The van der Waals surface area contributed by atoms with Crippen molar-refractivity contribution in [1.82, 2.24) is 10.2 Å². The number of nitrogens with one attached hydrogen (secondary N) is 1. The minimum atomic E-state index is -0.508. The first-order chi connectivity index (χ1) is 18.4. The molecular formula is C28H26N6O2S2. The Bertz CT molecular complexity index is 1520. The van der Waals surface area contributed by atoms with Gasteiger partial charge in [0.25, 0.3) is 0 Å². The Balaban J connectivity index is 1.42. The average Bonchev–Trinajstić information content (AvgIpc) is 3.37. The number of anilines is 2. The number of hydrogen-bond donors (Lipinski definition) is 2. The summed E-state index contributed by atoms with van der Waals surface area (Å²) < 4.78 is 0.594. The smallest absolute Gasteiger partial charge is 0.234 e. The van der Waals surface area contributed by atoms with Gasteiger partial charge >= 0.3 is 0 Å². The van der Waals surface area contributed by atoms with Crippen molar-refractivity contribution in [3.05, 3.63) is 87.9 Å². The zero-order valence-electron chi connectivity index (χ0n) is 21.0. The van der Waals surface area contributed by atoms with Crippen molar-refractivity contribution in [2.45, 2.75) is 43.4 Å². The molecule has 192 valence electrons. The number of nitrogens with zero attached hydrogens (tertiary/aromatic N) is 4. The zero-order chi connectivity index (χ0) is 26.8. The van der Waals surface area contributed by atoms with Gasteiger partial charge in [-0.3, -0.25) is 14.5 Å². The fraction of sp³-hybridized carbons (Fsp3) is 0.250. The van der Waals surface area contributed by atoms with Crippen LogP contribution < -0.4 is 16.0 Å². The second-order valence-corrected chi connectivity index (χ2v) is 11.4. The van der Waals surface area contributed by atoms with Crippen LogP contribution >= 0.6 is 23.1 Å². The van der Waals surface area contributed by atoms with Crippen molar-refractivity contribution >= 4 is 45.6 Å². The molecule has 0 saturated carbocycles. The number of nitrogens with two attached hydrogens (primary N) is 1. The van der Waals surface area contributed by atoms with Gasteiger partial charge in [0.15, 0.2) is 10.1 Å². The van der Waals surface area contributed by atoms with Gasteiger partial charge in [-0.15, -0.1) is 10.2 Å². The van der Waals surface area contributed by atoms with E-state index in [-0.39, 0.29) is 23.3 Å². The van der Waals surface area contributed by atoms with E-state index in [0.29, 0.717) is 39.9 Å². The van der Waals surface area contributed by atoms with E-state index in [1.165, 1.54) is 23.1 Å². The van der Waals surface area contributed by atoms with Crippen LogP contribution in [0.4, 0.5) is 10.8 Å². The number of para-hydroxylation sites is 1. The van der Waals surface area contributed by atoms with Crippen molar-refractivity contribution < 1.29 is 9.59 Å². The summed E-state index contributed by atoms with van der Waals surface area (Å²) in [7, 11) is 0. The molecule has 1 aromatic heterocycles. The third-order valence-corrected chi connectivity index (χ3v) is 8.70. The van der Waals surface area contributed by atoms with Crippen molar-refractivity contribution in [2.75, 3.05) is 16.0 Å². The first-order valence-corrected chi connectivity index (χ1v) is 14.0. The normalized spacial score (nSPS) is 17.3. The molecule has 1 unspecified atom stereocenters. The summed E-state index contributed by atoms with van der Waals surface area (Å²) in [5.41, 5.74) is 12.0. The standard InChI is InChI=1S/C28H26N6O2S2/c1-16-10-12-18(13-11-16)24-19(14-29)26(30)34(21-8-5-9-22(35)25(21)24)27-32-33-28(38-27)37-15-23(36)31-20-7-4-3-6-17(20)2/h3-4,6-7,10-13,24H,5,8-9,15,30H2,1-2H3,(H,31,36). The fourth-order valence-electron chi connectivity index (χ4n) is 4.78. The number of thioether (sulfide) groups is 1. The molecule has 2 aliphatic rings. The van der Waals surface area contributed by atoms with Gasteiger partial charge in [-0.1, -0.05) is 71.1 Å². The second kappa shape index (κ2) is 10.8. The van der Waals surface area contributed by atoms with Gasteiger partial charge in [0.2, 0.25) is 11.0 Å². The highest BCUT2D eigenvalue weighted by atomic mass is 32.2. The second-order valence-electron chi connectivity index (χ2n) is 9.23. The Labute approximate surface area is 229 Å². The highest BCUT2D eigenvalue weighted by Gasteiger charge is 2.41. The first-order valence-electron chi connectivity index (χ1n) is 12.2. The number of benzene rings is 2. The maximum Gasteiger partial charge on any atom is 0.234 e. The molecule has 3 aromatic rings. The number of ketones is 1. The van der Waals surface area contributed by atoms with E-state index in [4.69, 9.17) is 5.73 Å². The van der Waals surface area contributed by atoms with E-state index in [9.17, 15) is 14.9 Å². The largest absolute Gasteiger partial charge is 0.384 e. The Kier molecular flexibility index (Phi) is 7.31. The number of amides is 1. The maximum absolute atomic E-state index is 13.2. The molecule has 1 amide bonds. The lowest BCUT2D eigenvalue weighted by atomic mass is 9.75. The summed E-state index contributed by atoms with van der Waals surface area (Å²) in [6.45, 7) is 3.93. The van der Waals surface area contributed by atoms with E-state index in [0.717, 1.165) is 28.1 Å². The van der Waals surface area contributed by atoms with Crippen LogP contribution in [0, 0.1) is 25.2 Å². The molecule has 1 aliphatic heterocycles. The summed E-state index contributed by atoms with van der Waals surface area (Å²) in [6.07, 6.45) is 1.77. The Morgan fingerprint density at radius 1 is 1.18 bits per heavy atom. The molecule has 1 aliphatic carbocycles. The third kappa shape index (κ3) is 4.95. The van der Waals surface area contributed by atoms with Crippen LogP contribution in [0.5, 0.6) is 0 Å². The lowest BCUT2D eigenvalue weighted by Crippen LogP contribution is -2.38. The molecule has 0 bridgehead atoms. The number of allylic oxidation sites excluding steroid dienone is 3. The molecule has 0 radical (unpaired) electrons.